The number of aromatic nitrogens is 7. The van der Waals surface area contributed by atoms with E-state index in [1.807, 2.05) is 49.1 Å². The molecule has 0 aliphatic heterocycles. The summed E-state index contributed by atoms with van der Waals surface area (Å²) < 4.78 is 30.6. The Balaban J connectivity index is 0.00000259. The average Bonchev–Trinajstić information content (AvgIpc) is 3.49. The van der Waals surface area contributed by atoms with Crippen molar-refractivity contribution in [2.75, 3.05) is 5.32 Å². The summed E-state index contributed by atoms with van der Waals surface area (Å²) in [6, 6.07) is 9.22. The second-order valence-corrected chi connectivity index (χ2v) is 7.67. The zero-order chi connectivity index (χ0) is 22.2. The fourth-order valence-electron chi connectivity index (χ4n) is 3.46. The van der Waals surface area contributed by atoms with Gasteiger partial charge in [0, 0.05) is 35.8 Å². The van der Waals surface area contributed by atoms with Crippen molar-refractivity contribution in [2.24, 2.45) is 0 Å². The molecule has 0 atom stereocenters. The van der Waals surface area contributed by atoms with E-state index in [9.17, 15) is 8.78 Å². The molecule has 170 valence electrons. The number of pyridine rings is 1. The van der Waals surface area contributed by atoms with Crippen LogP contribution < -0.4 is 5.32 Å². The Kier molecular flexibility index (Phi) is 6.10. The molecule has 0 saturated carbocycles. The molecule has 33 heavy (non-hydrogen) atoms. The van der Waals surface area contributed by atoms with Crippen molar-refractivity contribution in [3.8, 4) is 22.6 Å². The van der Waals surface area contributed by atoms with Crippen molar-refractivity contribution in [3.63, 3.8) is 0 Å². The number of hydrogen-bond donors (Lipinski definition) is 2. The minimum absolute atomic E-state index is 0. The third-order valence-corrected chi connectivity index (χ3v) is 5.02. The van der Waals surface area contributed by atoms with Crippen LogP contribution in [0.5, 0.6) is 0 Å². The van der Waals surface area contributed by atoms with Gasteiger partial charge in [0.2, 0.25) is 0 Å². The highest BCUT2D eigenvalue weighted by molar-refractivity contribution is 5.85. The lowest BCUT2D eigenvalue weighted by Crippen LogP contribution is -2.02. The fraction of sp³-hybridized carbons (Fsp3) is 0.182. The standard InChI is InChI=1S/C22H20F2N8.ClH/c1-13(2)31-6-5-18(30-31)22-21(14-3-4-20-26-12-27-32(20)11-14)28-19(29-22)10-25-17-8-15(23)7-16(24)9-17;/h3-9,11-13,25H,10H2,1-2H3,(H,28,29);1H. The van der Waals surface area contributed by atoms with Gasteiger partial charge < -0.3 is 10.3 Å². The summed E-state index contributed by atoms with van der Waals surface area (Å²) in [4.78, 5) is 12.2. The van der Waals surface area contributed by atoms with Gasteiger partial charge >= 0.3 is 0 Å². The van der Waals surface area contributed by atoms with Crippen LogP contribution in [-0.4, -0.2) is 34.3 Å². The number of nitrogens with one attached hydrogen (secondary N) is 2. The van der Waals surface area contributed by atoms with E-state index < -0.39 is 11.6 Å². The first-order chi connectivity index (χ1) is 15.5. The van der Waals surface area contributed by atoms with Crippen LogP contribution in [0.2, 0.25) is 0 Å². The molecule has 1 aromatic carbocycles. The zero-order valence-corrected chi connectivity index (χ0v) is 18.6. The Labute approximate surface area is 194 Å². The van der Waals surface area contributed by atoms with Gasteiger partial charge in [-0.1, -0.05) is 0 Å². The van der Waals surface area contributed by atoms with E-state index in [0.717, 1.165) is 23.0 Å². The van der Waals surface area contributed by atoms with Crippen molar-refractivity contribution in [1.29, 1.82) is 0 Å². The van der Waals surface area contributed by atoms with Crippen LogP contribution in [0.1, 0.15) is 25.7 Å². The zero-order valence-electron chi connectivity index (χ0n) is 17.8. The predicted octanol–water partition coefficient (Wildman–Crippen LogP) is 4.88. The molecule has 0 aliphatic rings. The predicted molar refractivity (Wildman–Crippen MR) is 123 cm³/mol. The summed E-state index contributed by atoms with van der Waals surface area (Å²) in [7, 11) is 0. The number of hydrogen-bond acceptors (Lipinski definition) is 5. The summed E-state index contributed by atoms with van der Waals surface area (Å²) in [6.45, 7) is 4.34. The normalized spacial score (nSPS) is 11.2. The minimum Gasteiger partial charge on any atom is -0.378 e. The van der Waals surface area contributed by atoms with E-state index in [4.69, 9.17) is 4.98 Å². The first-order valence-electron chi connectivity index (χ1n) is 10.1. The molecule has 0 unspecified atom stereocenters. The Morgan fingerprint density at radius 1 is 1.09 bits per heavy atom. The number of rotatable bonds is 6. The maximum atomic E-state index is 13.5. The Hall–Kier alpha value is -3.79. The van der Waals surface area contributed by atoms with Gasteiger partial charge in [0.25, 0.3) is 0 Å². The van der Waals surface area contributed by atoms with E-state index >= 15 is 0 Å². The van der Waals surface area contributed by atoms with E-state index in [1.165, 1.54) is 18.5 Å². The summed E-state index contributed by atoms with van der Waals surface area (Å²) in [5.41, 5.74) is 4.06. The van der Waals surface area contributed by atoms with Crippen LogP contribution in [0.4, 0.5) is 14.5 Å². The summed E-state index contributed by atoms with van der Waals surface area (Å²) in [5, 5.41) is 11.9. The van der Waals surface area contributed by atoms with Gasteiger partial charge in [-0.25, -0.2) is 23.3 Å². The van der Waals surface area contributed by atoms with E-state index in [1.54, 1.807) is 4.52 Å². The molecule has 0 saturated heterocycles. The van der Waals surface area contributed by atoms with E-state index in [2.05, 4.69) is 25.5 Å². The summed E-state index contributed by atoms with van der Waals surface area (Å²) >= 11 is 0. The average molecular weight is 471 g/mol. The highest BCUT2D eigenvalue weighted by atomic mass is 35.5. The third-order valence-electron chi connectivity index (χ3n) is 5.02. The van der Waals surface area contributed by atoms with Crippen molar-refractivity contribution >= 4 is 23.7 Å². The van der Waals surface area contributed by atoms with Crippen LogP contribution in [0.25, 0.3) is 28.3 Å². The van der Waals surface area contributed by atoms with Gasteiger partial charge in [-0.2, -0.15) is 10.2 Å². The van der Waals surface area contributed by atoms with Crippen molar-refractivity contribution in [2.45, 2.75) is 26.4 Å². The molecular formula is C22H21ClF2N8. The third kappa shape index (κ3) is 4.56. The molecule has 0 radical (unpaired) electrons. The lowest BCUT2D eigenvalue weighted by molar-refractivity contribution is 0.534. The quantitative estimate of drug-likeness (QED) is 0.369. The van der Waals surface area contributed by atoms with Gasteiger partial charge in [-0.05, 0) is 44.2 Å². The number of imidazole rings is 1. The molecule has 0 fully saturated rings. The maximum absolute atomic E-state index is 13.5. The minimum atomic E-state index is -0.645. The Bertz CT molecular complexity index is 1380. The van der Waals surface area contributed by atoms with Crippen LogP contribution in [0, 0.1) is 11.6 Å². The molecule has 5 aromatic rings. The molecular weight excluding hydrogens is 450 g/mol. The van der Waals surface area contributed by atoms with Crippen LogP contribution in [-0.2, 0) is 6.54 Å². The number of nitrogens with zero attached hydrogens (tertiary/aromatic N) is 6. The summed E-state index contributed by atoms with van der Waals surface area (Å²) in [5.74, 6) is -0.695. The van der Waals surface area contributed by atoms with Gasteiger partial charge in [-0.15, -0.1) is 12.4 Å². The number of H-pyrrole nitrogens is 1. The van der Waals surface area contributed by atoms with Crippen LogP contribution in [0.3, 0.4) is 0 Å². The van der Waals surface area contributed by atoms with E-state index in [0.29, 0.717) is 22.9 Å². The lowest BCUT2D eigenvalue weighted by atomic mass is 10.1. The van der Waals surface area contributed by atoms with Crippen molar-refractivity contribution in [3.05, 3.63) is 72.6 Å². The molecule has 0 amide bonds. The smallest absolute Gasteiger partial charge is 0.155 e. The second-order valence-electron chi connectivity index (χ2n) is 7.67. The topological polar surface area (TPSA) is 88.7 Å². The number of halogens is 3. The molecule has 4 aromatic heterocycles. The fourth-order valence-corrected chi connectivity index (χ4v) is 3.46. The highest BCUT2D eigenvalue weighted by Crippen LogP contribution is 2.30. The Morgan fingerprint density at radius 3 is 2.61 bits per heavy atom. The highest BCUT2D eigenvalue weighted by Gasteiger charge is 2.18. The van der Waals surface area contributed by atoms with Gasteiger partial charge in [0.15, 0.2) is 5.65 Å². The molecule has 2 N–H and O–H groups in total. The number of fused-ring (bicyclic) bond motifs is 1. The number of aromatic amines is 1. The first kappa shape index (κ1) is 22.4. The number of benzene rings is 1. The molecule has 11 heteroatoms. The van der Waals surface area contributed by atoms with Crippen LogP contribution in [0.15, 0.2) is 55.1 Å². The molecule has 4 heterocycles. The molecule has 8 nitrogen and oxygen atoms in total. The monoisotopic (exact) mass is 470 g/mol. The molecule has 5 rings (SSSR count). The largest absolute Gasteiger partial charge is 0.378 e. The second kappa shape index (κ2) is 8.99. The maximum Gasteiger partial charge on any atom is 0.155 e. The van der Waals surface area contributed by atoms with Crippen molar-refractivity contribution in [1.82, 2.24) is 34.3 Å². The first-order valence-corrected chi connectivity index (χ1v) is 10.1. The van der Waals surface area contributed by atoms with Gasteiger partial charge in [0.05, 0.1) is 12.2 Å². The molecule has 0 aliphatic carbocycles. The lowest BCUT2D eigenvalue weighted by Gasteiger charge is -2.05. The summed E-state index contributed by atoms with van der Waals surface area (Å²) in [6.07, 6.45) is 5.26. The van der Waals surface area contributed by atoms with Crippen LogP contribution >= 0.6 is 12.4 Å². The van der Waals surface area contributed by atoms with Gasteiger partial charge in [-0.3, -0.25) is 4.68 Å². The van der Waals surface area contributed by atoms with Crippen molar-refractivity contribution < 1.29 is 8.78 Å². The molecule has 0 bridgehead atoms. The Morgan fingerprint density at radius 2 is 1.88 bits per heavy atom. The van der Waals surface area contributed by atoms with E-state index in [-0.39, 0.29) is 25.0 Å². The van der Waals surface area contributed by atoms with Gasteiger partial charge in [0.1, 0.15) is 35.2 Å². The SMILES string of the molecule is CC(C)n1ccc(-c2nc(CNc3cc(F)cc(F)c3)[nH]c2-c2ccc3ncnn3c2)n1.Cl. The number of anilines is 1. The molecule has 0 spiro atoms.